The average molecular weight is 250 g/mol. The van der Waals surface area contributed by atoms with Gasteiger partial charge in [0.05, 0.1) is 12.6 Å². The first-order valence-corrected chi connectivity index (χ1v) is 6.18. The molecule has 0 saturated heterocycles. The Labute approximate surface area is 106 Å². The molecule has 1 aliphatic rings. The Bertz CT molecular complexity index is 421. The molecular formula is C14H16F2N2. The van der Waals surface area contributed by atoms with E-state index in [9.17, 15) is 8.78 Å². The Kier molecular flexibility index (Phi) is 3.93. The van der Waals surface area contributed by atoms with Gasteiger partial charge in [-0.25, -0.2) is 0 Å². The summed E-state index contributed by atoms with van der Waals surface area (Å²) in [7, 11) is 0. The SMILES string of the molecule is N#CCCN(CC(F)(F)c1ccccc1)C1CC1. The van der Waals surface area contributed by atoms with Gasteiger partial charge in [0.1, 0.15) is 0 Å². The van der Waals surface area contributed by atoms with Gasteiger partial charge in [0.25, 0.3) is 5.92 Å². The van der Waals surface area contributed by atoms with E-state index in [1.165, 1.54) is 12.1 Å². The van der Waals surface area contributed by atoms with Crippen molar-refractivity contribution in [1.29, 1.82) is 5.26 Å². The smallest absolute Gasteiger partial charge is 0.285 e. The van der Waals surface area contributed by atoms with Gasteiger partial charge in [-0.2, -0.15) is 14.0 Å². The lowest BCUT2D eigenvalue weighted by Gasteiger charge is -2.26. The molecule has 0 heterocycles. The highest BCUT2D eigenvalue weighted by molar-refractivity contribution is 5.20. The van der Waals surface area contributed by atoms with Gasteiger partial charge in [0.2, 0.25) is 0 Å². The Morgan fingerprint density at radius 1 is 1.28 bits per heavy atom. The van der Waals surface area contributed by atoms with Gasteiger partial charge >= 0.3 is 0 Å². The van der Waals surface area contributed by atoms with E-state index in [1.807, 2.05) is 6.07 Å². The summed E-state index contributed by atoms with van der Waals surface area (Å²) in [5.74, 6) is -2.85. The van der Waals surface area contributed by atoms with E-state index in [0.717, 1.165) is 12.8 Å². The van der Waals surface area contributed by atoms with Gasteiger partial charge in [0.15, 0.2) is 0 Å². The number of hydrogen-bond acceptors (Lipinski definition) is 2. The molecule has 1 aromatic rings. The molecule has 0 atom stereocenters. The third-order valence-corrected chi connectivity index (χ3v) is 3.17. The lowest BCUT2D eigenvalue weighted by atomic mass is 10.1. The van der Waals surface area contributed by atoms with Crippen molar-refractivity contribution in [3.63, 3.8) is 0 Å². The van der Waals surface area contributed by atoms with Gasteiger partial charge < -0.3 is 0 Å². The molecular weight excluding hydrogens is 234 g/mol. The zero-order valence-corrected chi connectivity index (χ0v) is 10.1. The second-order valence-corrected chi connectivity index (χ2v) is 4.68. The van der Waals surface area contributed by atoms with Crippen molar-refractivity contribution in [3.05, 3.63) is 35.9 Å². The number of nitrogens with zero attached hydrogens (tertiary/aromatic N) is 2. The molecule has 2 nitrogen and oxygen atoms in total. The summed E-state index contributed by atoms with van der Waals surface area (Å²) in [5, 5.41) is 8.57. The fraction of sp³-hybridized carbons (Fsp3) is 0.500. The van der Waals surface area contributed by atoms with Crippen LogP contribution in [0.3, 0.4) is 0 Å². The molecule has 0 radical (unpaired) electrons. The standard InChI is InChI=1S/C14H16F2N2/c15-14(16,12-5-2-1-3-6-12)11-18(10-4-9-17)13-7-8-13/h1-3,5-6,13H,4,7-8,10-11H2. The molecule has 2 rings (SSSR count). The van der Waals surface area contributed by atoms with E-state index in [0.29, 0.717) is 13.0 Å². The zero-order chi connectivity index (χ0) is 13.0. The number of halogens is 2. The van der Waals surface area contributed by atoms with Crippen LogP contribution >= 0.6 is 0 Å². The third-order valence-electron chi connectivity index (χ3n) is 3.17. The van der Waals surface area contributed by atoms with Crippen molar-refractivity contribution in [2.75, 3.05) is 13.1 Å². The number of hydrogen-bond donors (Lipinski definition) is 0. The van der Waals surface area contributed by atoms with Crippen molar-refractivity contribution in [2.24, 2.45) is 0 Å². The van der Waals surface area contributed by atoms with Crippen LogP contribution in [0.5, 0.6) is 0 Å². The highest BCUT2D eigenvalue weighted by Gasteiger charge is 2.38. The molecule has 1 aliphatic carbocycles. The minimum atomic E-state index is -2.85. The maximum absolute atomic E-state index is 14.1. The number of rotatable bonds is 6. The fourth-order valence-electron chi connectivity index (χ4n) is 2.05. The summed E-state index contributed by atoms with van der Waals surface area (Å²) >= 11 is 0. The van der Waals surface area contributed by atoms with Gasteiger partial charge in [-0.3, -0.25) is 4.90 Å². The predicted octanol–water partition coefficient (Wildman–Crippen LogP) is 3.16. The van der Waals surface area contributed by atoms with Gasteiger partial charge in [0, 0.05) is 24.6 Å². The van der Waals surface area contributed by atoms with Crippen molar-refractivity contribution >= 4 is 0 Å². The number of benzene rings is 1. The second kappa shape index (κ2) is 5.45. The fourth-order valence-corrected chi connectivity index (χ4v) is 2.05. The van der Waals surface area contributed by atoms with Crippen LogP contribution in [0.2, 0.25) is 0 Å². The summed E-state index contributed by atoms with van der Waals surface area (Å²) in [6.07, 6.45) is 2.24. The number of alkyl halides is 2. The topological polar surface area (TPSA) is 27.0 Å². The molecule has 0 bridgehead atoms. The molecule has 0 aromatic heterocycles. The molecule has 0 amide bonds. The Hall–Kier alpha value is -1.47. The van der Waals surface area contributed by atoms with Crippen molar-refractivity contribution in [1.82, 2.24) is 4.90 Å². The summed E-state index contributed by atoms with van der Waals surface area (Å²) < 4.78 is 28.2. The predicted molar refractivity (Wildman–Crippen MR) is 65.2 cm³/mol. The molecule has 4 heteroatoms. The monoisotopic (exact) mass is 250 g/mol. The van der Waals surface area contributed by atoms with Crippen LogP contribution in [0, 0.1) is 11.3 Å². The summed E-state index contributed by atoms with van der Waals surface area (Å²) in [5.41, 5.74) is 0.0487. The van der Waals surface area contributed by atoms with E-state index in [-0.39, 0.29) is 18.2 Å². The highest BCUT2D eigenvalue weighted by Crippen LogP contribution is 2.34. The first-order valence-electron chi connectivity index (χ1n) is 6.18. The minimum Gasteiger partial charge on any atom is -0.293 e. The Morgan fingerprint density at radius 2 is 1.94 bits per heavy atom. The van der Waals surface area contributed by atoms with Crippen LogP contribution < -0.4 is 0 Å². The van der Waals surface area contributed by atoms with Crippen LogP contribution in [0.1, 0.15) is 24.8 Å². The van der Waals surface area contributed by atoms with Crippen LogP contribution in [-0.2, 0) is 5.92 Å². The lowest BCUT2D eigenvalue weighted by Crippen LogP contribution is -2.37. The highest BCUT2D eigenvalue weighted by atomic mass is 19.3. The van der Waals surface area contributed by atoms with E-state index < -0.39 is 5.92 Å². The lowest BCUT2D eigenvalue weighted by molar-refractivity contribution is -0.0396. The van der Waals surface area contributed by atoms with Crippen LogP contribution in [-0.4, -0.2) is 24.0 Å². The first kappa shape index (κ1) is 13.0. The third kappa shape index (κ3) is 3.27. The second-order valence-electron chi connectivity index (χ2n) is 4.68. The molecule has 1 saturated carbocycles. The van der Waals surface area contributed by atoms with Crippen LogP contribution in [0.4, 0.5) is 8.78 Å². The molecule has 0 N–H and O–H groups in total. The maximum atomic E-state index is 14.1. The zero-order valence-electron chi connectivity index (χ0n) is 10.1. The molecule has 96 valence electrons. The Morgan fingerprint density at radius 3 is 2.50 bits per heavy atom. The molecule has 18 heavy (non-hydrogen) atoms. The van der Waals surface area contributed by atoms with E-state index in [1.54, 1.807) is 23.1 Å². The minimum absolute atomic E-state index is 0.0487. The maximum Gasteiger partial charge on any atom is 0.285 e. The normalized spacial score (nSPS) is 15.7. The van der Waals surface area contributed by atoms with Crippen molar-refractivity contribution in [3.8, 4) is 6.07 Å². The van der Waals surface area contributed by atoms with E-state index >= 15 is 0 Å². The quantitative estimate of drug-likeness (QED) is 0.775. The van der Waals surface area contributed by atoms with Gasteiger partial charge in [-0.1, -0.05) is 30.3 Å². The molecule has 0 unspecified atom stereocenters. The largest absolute Gasteiger partial charge is 0.293 e. The van der Waals surface area contributed by atoms with Crippen molar-refractivity contribution < 1.29 is 8.78 Å². The molecule has 0 spiro atoms. The number of nitriles is 1. The molecule has 1 fully saturated rings. The Balaban J connectivity index is 2.03. The summed E-state index contributed by atoms with van der Waals surface area (Å²) in [6.45, 7) is 0.146. The van der Waals surface area contributed by atoms with Crippen LogP contribution in [0.25, 0.3) is 0 Å². The van der Waals surface area contributed by atoms with E-state index in [2.05, 4.69) is 0 Å². The van der Waals surface area contributed by atoms with E-state index in [4.69, 9.17) is 5.26 Å². The first-order chi connectivity index (χ1) is 8.63. The van der Waals surface area contributed by atoms with Crippen molar-refractivity contribution in [2.45, 2.75) is 31.2 Å². The molecule has 1 aromatic carbocycles. The summed E-state index contributed by atoms with van der Waals surface area (Å²) in [4.78, 5) is 1.75. The average Bonchev–Trinajstić information content (AvgIpc) is 3.20. The summed E-state index contributed by atoms with van der Waals surface area (Å²) in [6, 6.07) is 10.2. The van der Waals surface area contributed by atoms with Crippen LogP contribution in [0.15, 0.2) is 30.3 Å². The van der Waals surface area contributed by atoms with Gasteiger partial charge in [-0.15, -0.1) is 0 Å². The van der Waals surface area contributed by atoms with Gasteiger partial charge in [-0.05, 0) is 12.8 Å². The molecule has 0 aliphatic heterocycles.